The van der Waals surface area contributed by atoms with Crippen molar-refractivity contribution in [1.29, 1.82) is 0 Å². The van der Waals surface area contributed by atoms with Crippen LogP contribution >= 0.6 is 0 Å². The Morgan fingerprint density at radius 3 is 2.61 bits per heavy atom. The smallest absolute Gasteiger partial charge is 0.158 e. The van der Waals surface area contributed by atoms with Gasteiger partial charge in [0.2, 0.25) is 0 Å². The van der Waals surface area contributed by atoms with Gasteiger partial charge < -0.3 is 19.6 Å². The normalized spacial score (nSPS) is 10.6. The van der Waals surface area contributed by atoms with E-state index in [0.29, 0.717) is 32.2 Å². The SMILES string of the molecule is COCCCOCCOCc1cnc(NN)cn1. The van der Waals surface area contributed by atoms with Crippen LogP contribution in [0.1, 0.15) is 12.1 Å². The van der Waals surface area contributed by atoms with E-state index in [1.165, 1.54) is 0 Å². The van der Waals surface area contributed by atoms with Crippen LogP contribution < -0.4 is 11.3 Å². The molecule has 0 atom stereocenters. The lowest BCUT2D eigenvalue weighted by Gasteiger charge is -2.05. The van der Waals surface area contributed by atoms with E-state index in [9.17, 15) is 0 Å². The molecule has 1 aromatic rings. The molecule has 0 saturated carbocycles. The van der Waals surface area contributed by atoms with Crippen molar-refractivity contribution in [2.24, 2.45) is 5.84 Å². The van der Waals surface area contributed by atoms with Crippen LogP contribution in [0.5, 0.6) is 0 Å². The van der Waals surface area contributed by atoms with Gasteiger partial charge in [0.1, 0.15) is 0 Å². The second-order valence-electron chi connectivity index (χ2n) is 3.55. The first-order valence-corrected chi connectivity index (χ1v) is 5.78. The fourth-order valence-corrected chi connectivity index (χ4v) is 1.21. The highest BCUT2D eigenvalue weighted by Gasteiger charge is 1.97. The minimum absolute atomic E-state index is 0.416. The molecule has 0 aliphatic carbocycles. The lowest BCUT2D eigenvalue weighted by atomic mass is 10.5. The van der Waals surface area contributed by atoms with Crippen molar-refractivity contribution in [2.75, 3.05) is 39.0 Å². The second-order valence-corrected chi connectivity index (χ2v) is 3.55. The van der Waals surface area contributed by atoms with Crippen molar-refractivity contribution in [3.63, 3.8) is 0 Å². The summed E-state index contributed by atoms with van der Waals surface area (Å²) >= 11 is 0. The highest BCUT2D eigenvalue weighted by atomic mass is 16.5. The lowest BCUT2D eigenvalue weighted by Crippen LogP contribution is -2.10. The first-order chi connectivity index (χ1) is 8.86. The number of nitrogen functional groups attached to an aromatic ring is 1. The quantitative estimate of drug-likeness (QED) is 0.354. The summed E-state index contributed by atoms with van der Waals surface area (Å²) in [5.41, 5.74) is 3.17. The fourth-order valence-electron chi connectivity index (χ4n) is 1.21. The van der Waals surface area contributed by atoms with Gasteiger partial charge in [-0.15, -0.1) is 0 Å². The van der Waals surface area contributed by atoms with Gasteiger partial charge in [-0.2, -0.15) is 0 Å². The van der Waals surface area contributed by atoms with Crippen LogP contribution in [0.15, 0.2) is 12.4 Å². The molecule has 18 heavy (non-hydrogen) atoms. The van der Waals surface area contributed by atoms with E-state index < -0.39 is 0 Å². The largest absolute Gasteiger partial charge is 0.385 e. The van der Waals surface area contributed by atoms with Crippen molar-refractivity contribution in [3.8, 4) is 0 Å². The Kier molecular flexibility index (Phi) is 7.98. The van der Waals surface area contributed by atoms with E-state index in [4.69, 9.17) is 20.1 Å². The number of ether oxygens (including phenoxy) is 3. The Morgan fingerprint density at radius 2 is 1.94 bits per heavy atom. The Morgan fingerprint density at radius 1 is 1.11 bits per heavy atom. The Bertz CT molecular complexity index is 308. The van der Waals surface area contributed by atoms with Crippen LogP contribution in [0.25, 0.3) is 0 Å². The van der Waals surface area contributed by atoms with Gasteiger partial charge in [0.15, 0.2) is 5.82 Å². The van der Waals surface area contributed by atoms with Crippen LogP contribution in [-0.4, -0.2) is 43.5 Å². The van der Waals surface area contributed by atoms with E-state index in [1.54, 1.807) is 19.5 Å². The van der Waals surface area contributed by atoms with Gasteiger partial charge in [-0.25, -0.2) is 10.8 Å². The monoisotopic (exact) mass is 256 g/mol. The minimum Gasteiger partial charge on any atom is -0.385 e. The molecule has 1 rings (SSSR count). The molecule has 7 nitrogen and oxygen atoms in total. The summed E-state index contributed by atoms with van der Waals surface area (Å²) in [7, 11) is 1.68. The average molecular weight is 256 g/mol. The molecule has 7 heteroatoms. The zero-order chi connectivity index (χ0) is 13.1. The van der Waals surface area contributed by atoms with Crippen LogP contribution in [0.2, 0.25) is 0 Å². The molecule has 0 bridgehead atoms. The molecular weight excluding hydrogens is 236 g/mol. The first kappa shape index (κ1) is 14.8. The molecule has 3 N–H and O–H groups in total. The maximum atomic E-state index is 5.39. The molecule has 0 fully saturated rings. The number of hydrogen-bond donors (Lipinski definition) is 2. The summed E-state index contributed by atoms with van der Waals surface area (Å²) in [6, 6.07) is 0. The van der Waals surface area contributed by atoms with E-state index in [2.05, 4.69) is 15.4 Å². The van der Waals surface area contributed by atoms with Crippen LogP contribution in [-0.2, 0) is 20.8 Å². The third-order valence-corrected chi connectivity index (χ3v) is 2.11. The zero-order valence-electron chi connectivity index (χ0n) is 10.6. The van der Waals surface area contributed by atoms with Crippen LogP contribution in [0.3, 0.4) is 0 Å². The number of nitrogens with one attached hydrogen (secondary N) is 1. The third kappa shape index (κ3) is 6.45. The van der Waals surface area contributed by atoms with E-state index >= 15 is 0 Å². The molecule has 1 heterocycles. The molecule has 0 saturated heterocycles. The first-order valence-electron chi connectivity index (χ1n) is 5.78. The molecule has 0 unspecified atom stereocenters. The number of methoxy groups -OCH3 is 1. The van der Waals surface area contributed by atoms with Crippen molar-refractivity contribution < 1.29 is 14.2 Å². The maximum absolute atomic E-state index is 5.39. The van der Waals surface area contributed by atoms with Crippen molar-refractivity contribution in [3.05, 3.63) is 18.1 Å². The molecule has 102 valence electrons. The number of hydrazine groups is 1. The topological polar surface area (TPSA) is 91.5 Å². The molecule has 0 aromatic carbocycles. The van der Waals surface area contributed by atoms with E-state index in [1.807, 2.05) is 0 Å². The number of hydrogen-bond acceptors (Lipinski definition) is 7. The Balaban J connectivity index is 2.00. The molecule has 0 aliphatic heterocycles. The molecular formula is C11H20N4O3. The summed E-state index contributed by atoms with van der Waals surface area (Å²) in [6.45, 7) is 2.93. The highest BCUT2D eigenvalue weighted by molar-refractivity contribution is 5.28. The lowest BCUT2D eigenvalue weighted by molar-refractivity contribution is 0.0327. The maximum Gasteiger partial charge on any atom is 0.158 e. The fraction of sp³-hybridized carbons (Fsp3) is 0.636. The predicted octanol–water partition coefficient (Wildman–Crippen LogP) is 0.332. The molecule has 0 amide bonds. The highest BCUT2D eigenvalue weighted by Crippen LogP contribution is 2.00. The average Bonchev–Trinajstić information content (AvgIpc) is 2.42. The zero-order valence-corrected chi connectivity index (χ0v) is 10.6. The van der Waals surface area contributed by atoms with Gasteiger partial charge in [-0.05, 0) is 6.42 Å². The third-order valence-electron chi connectivity index (χ3n) is 2.11. The molecule has 0 radical (unpaired) electrons. The van der Waals surface area contributed by atoms with Crippen LogP contribution in [0, 0.1) is 0 Å². The van der Waals surface area contributed by atoms with Gasteiger partial charge in [-0.1, -0.05) is 0 Å². The summed E-state index contributed by atoms with van der Waals surface area (Å²) in [5.74, 6) is 5.71. The Labute approximate surface area is 107 Å². The number of nitrogens with two attached hydrogens (primary N) is 1. The van der Waals surface area contributed by atoms with Gasteiger partial charge in [-0.3, -0.25) is 4.98 Å². The summed E-state index contributed by atoms with van der Waals surface area (Å²) in [4.78, 5) is 8.14. The van der Waals surface area contributed by atoms with Crippen molar-refractivity contribution in [2.45, 2.75) is 13.0 Å². The van der Waals surface area contributed by atoms with E-state index in [-0.39, 0.29) is 0 Å². The standard InChI is InChI=1S/C11H20N4O3/c1-16-3-2-4-17-5-6-18-9-10-7-14-11(15-12)8-13-10/h7-8H,2-6,9,12H2,1H3,(H,14,15). The number of nitrogens with zero attached hydrogens (tertiary/aromatic N) is 2. The number of anilines is 1. The van der Waals surface area contributed by atoms with Crippen molar-refractivity contribution >= 4 is 5.82 Å². The molecule has 0 spiro atoms. The number of rotatable bonds is 10. The summed E-state index contributed by atoms with van der Waals surface area (Å²) < 4.78 is 15.6. The summed E-state index contributed by atoms with van der Waals surface area (Å²) in [6.07, 6.45) is 4.07. The predicted molar refractivity (Wildman–Crippen MR) is 66.8 cm³/mol. The van der Waals surface area contributed by atoms with Gasteiger partial charge in [0, 0.05) is 20.3 Å². The molecule has 0 aliphatic rings. The second kappa shape index (κ2) is 9.72. The summed E-state index contributed by atoms with van der Waals surface area (Å²) in [5, 5.41) is 0. The number of aromatic nitrogens is 2. The Hall–Kier alpha value is -1.28. The van der Waals surface area contributed by atoms with E-state index in [0.717, 1.165) is 18.7 Å². The van der Waals surface area contributed by atoms with Gasteiger partial charge in [0.05, 0.1) is 37.9 Å². The van der Waals surface area contributed by atoms with Gasteiger partial charge >= 0.3 is 0 Å². The molecule has 1 aromatic heterocycles. The van der Waals surface area contributed by atoms with Crippen molar-refractivity contribution in [1.82, 2.24) is 9.97 Å². The van der Waals surface area contributed by atoms with Gasteiger partial charge in [0.25, 0.3) is 0 Å². The minimum atomic E-state index is 0.416. The van der Waals surface area contributed by atoms with Crippen LogP contribution in [0.4, 0.5) is 5.82 Å².